The molecule has 37 heavy (non-hydrogen) atoms. The molecule has 10 heteroatoms. The molecule has 0 saturated carbocycles. The number of benzene rings is 3. The fourth-order valence-electron chi connectivity index (χ4n) is 3.60. The number of amides is 4. The summed E-state index contributed by atoms with van der Waals surface area (Å²) < 4.78 is 29.8. The lowest BCUT2D eigenvalue weighted by atomic mass is 10.1. The number of carbonyl (C=O) groups is 3. The summed E-state index contributed by atoms with van der Waals surface area (Å²) in [5, 5.41) is 2.35. The van der Waals surface area contributed by atoms with Gasteiger partial charge in [-0.25, -0.2) is 14.1 Å². The highest BCUT2D eigenvalue weighted by molar-refractivity contribution is 6.39. The highest BCUT2D eigenvalue weighted by Crippen LogP contribution is 2.38. The first-order valence-electron chi connectivity index (χ1n) is 11.2. The van der Waals surface area contributed by atoms with E-state index in [0.717, 1.165) is 10.5 Å². The molecule has 0 unspecified atom stereocenters. The number of rotatable bonds is 8. The number of methoxy groups -OCH3 is 1. The second kappa shape index (κ2) is 11.1. The number of carbonyl (C=O) groups excluding carboxylic acids is 3. The number of halogens is 2. The first-order chi connectivity index (χ1) is 17.8. The zero-order chi connectivity index (χ0) is 26.5. The van der Waals surface area contributed by atoms with E-state index in [1.807, 2.05) is 0 Å². The summed E-state index contributed by atoms with van der Waals surface area (Å²) in [4.78, 5) is 39.0. The first-order valence-corrected chi connectivity index (χ1v) is 11.6. The van der Waals surface area contributed by atoms with Crippen LogP contribution in [-0.4, -0.2) is 31.6 Å². The first kappa shape index (κ1) is 25.7. The number of imide groups is 2. The third-order valence-electron chi connectivity index (χ3n) is 5.37. The van der Waals surface area contributed by atoms with Crippen molar-refractivity contribution in [2.45, 2.75) is 13.5 Å². The van der Waals surface area contributed by atoms with E-state index in [2.05, 4.69) is 5.32 Å². The molecule has 4 rings (SSSR count). The number of ether oxygens (including phenoxy) is 3. The van der Waals surface area contributed by atoms with Crippen LogP contribution in [0.25, 0.3) is 6.08 Å². The van der Waals surface area contributed by atoms with Crippen LogP contribution in [0.1, 0.15) is 18.1 Å². The third kappa shape index (κ3) is 5.73. The van der Waals surface area contributed by atoms with Crippen LogP contribution >= 0.6 is 11.6 Å². The van der Waals surface area contributed by atoms with Gasteiger partial charge < -0.3 is 14.2 Å². The van der Waals surface area contributed by atoms with Crippen LogP contribution in [0.4, 0.5) is 14.9 Å². The summed E-state index contributed by atoms with van der Waals surface area (Å²) in [5.74, 6) is -0.918. The third-order valence-corrected chi connectivity index (χ3v) is 5.65. The molecule has 3 aromatic carbocycles. The van der Waals surface area contributed by atoms with Gasteiger partial charge in [0, 0.05) is 0 Å². The second-order valence-corrected chi connectivity index (χ2v) is 8.24. The van der Waals surface area contributed by atoms with Crippen molar-refractivity contribution in [1.29, 1.82) is 0 Å². The molecule has 0 aromatic heterocycles. The molecule has 1 aliphatic heterocycles. The van der Waals surface area contributed by atoms with Crippen LogP contribution in [0, 0.1) is 5.82 Å². The van der Waals surface area contributed by atoms with Crippen molar-refractivity contribution in [1.82, 2.24) is 5.32 Å². The molecule has 1 saturated heterocycles. The van der Waals surface area contributed by atoms with Crippen LogP contribution in [0.2, 0.25) is 5.02 Å². The lowest BCUT2D eigenvalue weighted by molar-refractivity contribution is -0.122. The predicted octanol–water partition coefficient (Wildman–Crippen LogP) is 5.13. The molecule has 4 amide bonds. The number of nitrogens with one attached hydrogen (secondary N) is 1. The minimum absolute atomic E-state index is 0.111. The SMILES string of the molecule is CCOc1cc(/C=C2\C(=O)NC(=O)N(c3ccc(OC)cc3)C2=O)cc(Cl)c1OCc1ccc(F)cc1. The molecule has 1 fully saturated rings. The van der Waals surface area contributed by atoms with E-state index in [1.165, 1.54) is 43.5 Å². The van der Waals surface area contributed by atoms with Gasteiger partial charge in [-0.2, -0.15) is 0 Å². The van der Waals surface area contributed by atoms with Gasteiger partial charge in [-0.05, 0) is 72.7 Å². The summed E-state index contributed by atoms with van der Waals surface area (Å²) in [6.45, 7) is 2.18. The molecule has 1 aliphatic rings. The number of nitrogens with zero attached hydrogens (tertiary/aromatic N) is 1. The van der Waals surface area contributed by atoms with E-state index in [0.29, 0.717) is 17.9 Å². The molecule has 0 atom stereocenters. The molecule has 3 aromatic rings. The average molecular weight is 525 g/mol. The van der Waals surface area contributed by atoms with Crippen LogP contribution in [0.5, 0.6) is 17.2 Å². The maximum atomic E-state index is 13.2. The zero-order valence-electron chi connectivity index (χ0n) is 19.9. The Balaban J connectivity index is 1.64. The Kier molecular flexibility index (Phi) is 7.74. The van der Waals surface area contributed by atoms with Crippen molar-refractivity contribution < 1.29 is 33.0 Å². The van der Waals surface area contributed by atoms with Gasteiger partial charge in [-0.1, -0.05) is 23.7 Å². The largest absolute Gasteiger partial charge is 0.497 e. The number of anilines is 1. The van der Waals surface area contributed by atoms with E-state index >= 15 is 0 Å². The summed E-state index contributed by atoms with van der Waals surface area (Å²) >= 11 is 6.47. The van der Waals surface area contributed by atoms with Crippen LogP contribution < -0.4 is 24.4 Å². The monoisotopic (exact) mass is 524 g/mol. The summed E-state index contributed by atoms with van der Waals surface area (Å²) in [5.41, 5.74) is 1.09. The van der Waals surface area contributed by atoms with Crippen molar-refractivity contribution in [3.63, 3.8) is 0 Å². The lowest BCUT2D eigenvalue weighted by Crippen LogP contribution is -2.54. The maximum absolute atomic E-state index is 13.2. The lowest BCUT2D eigenvalue weighted by Gasteiger charge is -2.26. The van der Waals surface area contributed by atoms with Gasteiger partial charge in [0.15, 0.2) is 11.5 Å². The molecule has 1 heterocycles. The van der Waals surface area contributed by atoms with E-state index in [9.17, 15) is 18.8 Å². The normalized spacial score (nSPS) is 14.5. The van der Waals surface area contributed by atoms with Gasteiger partial charge in [0.05, 0.1) is 24.4 Å². The molecule has 1 N–H and O–H groups in total. The predicted molar refractivity (Wildman–Crippen MR) is 135 cm³/mol. The Morgan fingerprint density at radius 2 is 1.70 bits per heavy atom. The number of hydrogen-bond acceptors (Lipinski definition) is 6. The summed E-state index contributed by atoms with van der Waals surface area (Å²) in [6, 6.07) is 14.3. The maximum Gasteiger partial charge on any atom is 0.335 e. The Labute approximate surface area is 217 Å². The fraction of sp³-hybridized carbons (Fsp3) is 0.148. The van der Waals surface area contributed by atoms with Crippen molar-refractivity contribution >= 4 is 41.2 Å². The minimum Gasteiger partial charge on any atom is -0.497 e. The Bertz CT molecular complexity index is 1370. The fourth-order valence-corrected chi connectivity index (χ4v) is 3.87. The van der Waals surface area contributed by atoms with Gasteiger partial charge in [0.25, 0.3) is 11.8 Å². The van der Waals surface area contributed by atoms with E-state index in [-0.39, 0.29) is 40.2 Å². The van der Waals surface area contributed by atoms with Crippen molar-refractivity contribution in [3.05, 3.63) is 88.2 Å². The van der Waals surface area contributed by atoms with Crippen molar-refractivity contribution in [3.8, 4) is 17.2 Å². The van der Waals surface area contributed by atoms with Gasteiger partial charge >= 0.3 is 6.03 Å². The quantitative estimate of drug-likeness (QED) is 0.324. The highest BCUT2D eigenvalue weighted by atomic mass is 35.5. The Hall–Kier alpha value is -4.37. The number of hydrogen-bond donors (Lipinski definition) is 1. The minimum atomic E-state index is -0.866. The molecule has 0 radical (unpaired) electrons. The summed E-state index contributed by atoms with van der Waals surface area (Å²) in [6.07, 6.45) is 1.32. The Morgan fingerprint density at radius 3 is 2.35 bits per heavy atom. The van der Waals surface area contributed by atoms with Gasteiger partial charge in [0.1, 0.15) is 23.7 Å². The molecule has 0 bridgehead atoms. The molecule has 0 aliphatic carbocycles. The van der Waals surface area contributed by atoms with Crippen molar-refractivity contribution in [2.24, 2.45) is 0 Å². The van der Waals surface area contributed by atoms with Crippen LogP contribution in [0.15, 0.2) is 66.2 Å². The number of urea groups is 1. The topological polar surface area (TPSA) is 94.2 Å². The van der Waals surface area contributed by atoms with E-state index < -0.39 is 17.8 Å². The van der Waals surface area contributed by atoms with Gasteiger partial charge in [-0.3, -0.25) is 14.9 Å². The summed E-state index contributed by atoms with van der Waals surface area (Å²) in [7, 11) is 1.49. The highest BCUT2D eigenvalue weighted by Gasteiger charge is 2.37. The molecular weight excluding hydrogens is 503 g/mol. The zero-order valence-corrected chi connectivity index (χ0v) is 20.7. The second-order valence-electron chi connectivity index (χ2n) is 7.83. The van der Waals surface area contributed by atoms with Gasteiger partial charge in [-0.15, -0.1) is 0 Å². The Morgan fingerprint density at radius 1 is 1.00 bits per heavy atom. The van der Waals surface area contributed by atoms with E-state index in [4.69, 9.17) is 25.8 Å². The molecule has 190 valence electrons. The van der Waals surface area contributed by atoms with E-state index in [1.54, 1.807) is 37.3 Å². The van der Waals surface area contributed by atoms with Crippen molar-refractivity contribution in [2.75, 3.05) is 18.6 Å². The van der Waals surface area contributed by atoms with Crippen LogP contribution in [0.3, 0.4) is 0 Å². The molecule has 0 spiro atoms. The molecular formula is C27H22ClFN2O6. The smallest absolute Gasteiger partial charge is 0.335 e. The molecule has 8 nitrogen and oxygen atoms in total. The average Bonchev–Trinajstić information content (AvgIpc) is 2.87. The number of barbiturate groups is 1. The standard InChI is InChI=1S/C27H22ClFN2O6/c1-3-36-23-14-17(13-22(28)24(23)37-15-16-4-6-18(29)7-5-16)12-21-25(32)30-27(34)31(26(21)33)19-8-10-20(35-2)11-9-19/h4-14H,3,15H2,1-2H3,(H,30,32,34)/b21-12+. The van der Waals surface area contributed by atoms with Gasteiger partial charge in [0.2, 0.25) is 0 Å². The van der Waals surface area contributed by atoms with Crippen LogP contribution in [-0.2, 0) is 16.2 Å².